The highest BCUT2D eigenvalue weighted by molar-refractivity contribution is 6.33. The van der Waals surface area contributed by atoms with E-state index in [1.54, 1.807) is 25.1 Å². The molecular formula is C26H28ClN5O3. The summed E-state index contributed by atoms with van der Waals surface area (Å²) in [6.45, 7) is 2.42. The number of anilines is 1. The van der Waals surface area contributed by atoms with Crippen molar-refractivity contribution < 1.29 is 14.3 Å². The van der Waals surface area contributed by atoms with Gasteiger partial charge in [-0.2, -0.15) is 0 Å². The fourth-order valence-corrected chi connectivity index (χ4v) is 4.41. The summed E-state index contributed by atoms with van der Waals surface area (Å²) in [5, 5.41) is 6.37. The van der Waals surface area contributed by atoms with Gasteiger partial charge in [0.2, 0.25) is 11.9 Å². The van der Waals surface area contributed by atoms with Gasteiger partial charge < -0.3 is 20.3 Å². The Morgan fingerprint density at radius 1 is 1.26 bits per heavy atom. The van der Waals surface area contributed by atoms with E-state index >= 15 is 0 Å². The molecule has 1 aliphatic heterocycles. The van der Waals surface area contributed by atoms with Gasteiger partial charge in [0.05, 0.1) is 30.1 Å². The van der Waals surface area contributed by atoms with E-state index in [4.69, 9.17) is 16.3 Å². The van der Waals surface area contributed by atoms with Crippen LogP contribution in [0.4, 0.5) is 5.95 Å². The van der Waals surface area contributed by atoms with E-state index in [-0.39, 0.29) is 24.4 Å². The van der Waals surface area contributed by atoms with Crippen LogP contribution < -0.4 is 15.4 Å². The maximum atomic E-state index is 13.1. The Morgan fingerprint density at radius 2 is 2.09 bits per heavy atom. The van der Waals surface area contributed by atoms with Crippen LogP contribution in [0.25, 0.3) is 11.3 Å². The number of nitrogens with zero attached hydrogens (tertiary/aromatic N) is 3. The Kier molecular flexibility index (Phi) is 7.51. The van der Waals surface area contributed by atoms with Gasteiger partial charge in [0.1, 0.15) is 12.3 Å². The number of methoxy groups -OCH3 is 1. The van der Waals surface area contributed by atoms with Gasteiger partial charge in [-0.1, -0.05) is 49.2 Å². The van der Waals surface area contributed by atoms with Gasteiger partial charge in [0, 0.05) is 24.7 Å². The van der Waals surface area contributed by atoms with Crippen molar-refractivity contribution in [2.45, 2.75) is 32.4 Å². The summed E-state index contributed by atoms with van der Waals surface area (Å²) in [4.78, 5) is 36.1. The summed E-state index contributed by atoms with van der Waals surface area (Å²) in [5.74, 6) is 0.784. The van der Waals surface area contributed by atoms with E-state index in [1.807, 2.05) is 36.4 Å². The van der Waals surface area contributed by atoms with Crippen LogP contribution in [-0.2, 0) is 11.3 Å². The maximum absolute atomic E-state index is 13.1. The van der Waals surface area contributed by atoms with Crippen LogP contribution in [0.3, 0.4) is 0 Å². The number of amides is 2. The Morgan fingerprint density at radius 3 is 2.83 bits per heavy atom. The number of halogens is 1. The smallest absolute Gasteiger partial charge is 0.254 e. The molecule has 1 aromatic heterocycles. The van der Waals surface area contributed by atoms with Crippen LogP contribution in [0.1, 0.15) is 47.3 Å². The number of aromatic nitrogens is 2. The predicted molar refractivity (Wildman–Crippen MR) is 136 cm³/mol. The van der Waals surface area contributed by atoms with Crippen LogP contribution >= 0.6 is 11.6 Å². The van der Waals surface area contributed by atoms with E-state index in [2.05, 4.69) is 27.5 Å². The second-order valence-corrected chi connectivity index (χ2v) is 8.77. The molecule has 0 spiro atoms. The van der Waals surface area contributed by atoms with Gasteiger partial charge >= 0.3 is 0 Å². The number of hydrogen-bond donors (Lipinski definition) is 2. The number of benzene rings is 2. The van der Waals surface area contributed by atoms with Crippen LogP contribution in [0, 0.1) is 0 Å². The first kappa shape index (κ1) is 24.5. The minimum Gasteiger partial charge on any atom is -0.497 e. The summed E-state index contributed by atoms with van der Waals surface area (Å²) in [6.07, 6.45) is 3.21. The molecular weight excluding hydrogens is 466 g/mol. The third-order valence-electron chi connectivity index (χ3n) is 5.97. The SMILES string of the molecule is CCC[C@@H](NC(=O)CN1Cc2ccc(-c3nc(NC)ncc3Cl)cc2C1=O)c1cccc(OC)c1. The summed E-state index contributed by atoms with van der Waals surface area (Å²) < 4.78 is 5.32. The van der Waals surface area contributed by atoms with Gasteiger partial charge in [-0.25, -0.2) is 9.97 Å². The average molecular weight is 494 g/mol. The summed E-state index contributed by atoms with van der Waals surface area (Å²) >= 11 is 6.31. The second-order valence-electron chi connectivity index (χ2n) is 8.36. The van der Waals surface area contributed by atoms with E-state index in [1.165, 1.54) is 6.20 Å². The van der Waals surface area contributed by atoms with Crippen molar-refractivity contribution in [2.75, 3.05) is 26.0 Å². The van der Waals surface area contributed by atoms with E-state index in [9.17, 15) is 9.59 Å². The molecule has 182 valence electrons. The van der Waals surface area contributed by atoms with Crippen molar-refractivity contribution in [3.63, 3.8) is 0 Å². The minimum absolute atomic E-state index is 0.0226. The first-order chi connectivity index (χ1) is 16.9. The van der Waals surface area contributed by atoms with Crippen molar-refractivity contribution >= 4 is 29.4 Å². The Labute approximate surface area is 209 Å². The summed E-state index contributed by atoms with van der Waals surface area (Å²) in [7, 11) is 3.34. The standard InChI is InChI=1S/C26H28ClN5O3/c1-4-6-22(16-7-5-8-19(11-16)35-3)30-23(33)15-32-14-18-10-9-17(12-20(18)25(32)34)24-21(27)13-29-26(28-2)31-24/h5,7-13,22H,4,6,14-15H2,1-3H3,(H,30,33)(H,28,29,31)/t22-/m1/s1. The molecule has 8 nitrogen and oxygen atoms in total. The average Bonchev–Trinajstić information content (AvgIpc) is 3.18. The molecule has 0 saturated carbocycles. The molecule has 2 amide bonds. The number of carbonyl (C=O) groups excluding carboxylic acids is 2. The maximum Gasteiger partial charge on any atom is 0.254 e. The molecule has 2 heterocycles. The molecule has 3 aromatic rings. The molecule has 1 aliphatic rings. The number of carbonyl (C=O) groups is 2. The van der Waals surface area contributed by atoms with Crippen LogP contribution in [0.15, 0.2) is 48.7 Å². The number of nitrogens with one attached hydrogen (secondary N) is 2. The van der Waals surface area contributed by atoms with Gasteiger partial charge in [-0.15, -0.1) is 0 Å². The lowest BCUT2D eigenvalue weighted by Gasteiger charge is -2.21. The Hall–Kier alpha value is -3.65. The van der Waals surface area contributed by atoms with E-state index in [0.717, 1.165) is 29.7 Å². The molecule has 4 rings (SSSR count). The molecule has 0 fully saturated rings. The third-order valence-corrected chi connectivity index (χ3v) is 6.25. The van der Waals surface area contributed by atoms with Gasteiger partial charge in [0.15, 0.2) is 0 Å². The normalized spacial score (nSPS) is 13.4. The van der Waals surface area contributed by atoms with Crippen molar-refractivity contribution in [2.24, 2.45) is 0 Å². The van der Waals surface area contributed by atoms with Crippen LogP contribution in [0.2, 0.25) is 5.02 Å². The summed E-state index contributed by atoms with van der Waals surface area (Å²) in [6, 6.07) is 13.1. The monoisotopic (exact) mass is 493 g/mol. The summed E-state index contributed by atoms with van der Waals surface area (Å²) in [5.41, 5.74) is 3.65. The van der Waals surface area contributed by atoms with Crippen molar-refractivity contribution in [3.8, 4) is 17.0 Å². The largest absolute Gasteiger partial charge is 0.497 e. The van der Waals surface area contributed by atoms with E-state index in [0.29, 0.717) is 34.3 Å². The number of hydrogen-bond acceptors (Lipinski definition) is 6. The lowest BCUT2D eigenvalue weighted by molar-refractivity contribution is -0.122. The zero-order valence-corrected chi connectivity index (χ0v) is 20.7. The molecule has 1 atom stereocenters. The van der Waals surface area contributed by atoms with Gasteiger partial charge in [-0.3, -0.25) is 9.59 Å². The predicted octanol–water partition coefficient (Wildman–Crippen LogP) is 4.46. The first-order valence-electron chi connectivity index (χ1n) is 11.5. The van der Waals surface area contributed by atoms with Crippen molar-refractivity contribution in [3.05, 3.63) is 70.4 Å². The van der Waals surface area contributed by atoms with Gasteiger partial charge in [0.25, 0.3) is 5.91 Å². The molecule has 0 bridgehead atoms. The topological polar surface area (TPSA) is 96.5 Å². The third kappa shape index (κ3) is 5.38. The van der Waals surface area contributed by atoms with Crippen LogP contribution in [-0.4, -0.2) is 47.4 Å². The molecule has 9 heteroatoms. The second kappa shape index (κ2) is 10.7. The van der Waals surface area contributed by atoms with Crippen LogP contribution in [0.5, 0.6) is 5.75 Å². The van der Waals surface area contributed by atoms with Crippen molar-refractivity contribution in [1.82, 2.24) is 20.2 Å². The number of ether oxygens (including phenoxy) is 1. The molecule has 2 aromatic carbocycles. The molecule has 35 heavy (non-hydrogen) atoms. The van der Waals surface area contributed by atoms with E-state index < -0.39 is 0 Å². The molecule has 0 saturated heterocycles. The lowest BCUT2D eigenvalue weighted by atomic mass is 10.0. The molecule has 0 aliphatic carbocycles. The zero-order chi connectivity index (χ0) is 24.9. The highest BCUT2D eigenvalue weighted by atomic mass is 35.5. The highest BCUT2D eigenvalue weighted by Crippen LogP contribution is 2.31. The Balaban J connectivity index is 1.48. The fraction of sp³-hybridized carbons (Fsp3) is 0.308. The first-order valence-corrected chi connectivity index (χ1v) is 11.9. The molecule has 0 radical (unpaired) electrons. The quantitative estimate of drug-likeness (QED) is 0.457. The zero-order valence-electron chi connectivity index (χ0n) is 20.0. The number of fused-ring (bicyclic) bond motifs is 1. The number of rotatable bonds is 9. The molecule has 2 N–H and O–H groups in total. The Bertz CT molecular complexity index is 1250. The fourth-order valence-electron chi connectivity index (χ4n) is 4.21. The minimum atomic E-state index is -0.204. The highest BCUT2D eigenvalue weighted by Gasteiger charge is 2.30. The van der Waals surface area contributed by atoms with Gasteiger partial charge in [-0.05, 0) is 35.7 Å². The van der Waals surface area contributed by atoms with Crippen molar-refractivity contribution in [1.29, 1.82) is 0 Å². The molecule has 0 unspecified atom stereocenters. The lowest BCUT2D eigenvalue weighted by Crippen LogP contribution is -2.39.